The molecular formula is C18H17N5OS. The quantitative estimate of drug-likeness (QED) is 0.823. The molecule has 0 bridgehead atoms. The molecule has 126 valence electrons. The summed E-state index contributed by atoms with van der Waals surface area (Å²) in [6.45, 7) is 2.31. The highest BCUT2D eigenvalue weighted by atomic mass is 32.1. The third kappa shape index (κ3) is 3.29. The zero-order valence-electron chi connectivity index (χ0n) is 13.7. The highest BCUT2D eigenvalue weighted by Gasteiger charge is 2.29. The van der Waals surface area contributed by atoms with E-state index in [1.165, 1.54) is 0 Å². The van der Waals surface area contributed by atoms with Crippen LogP contribution in [0.3, 0.4) is 0 Å². The lowest BCUT2D eigenvalue weighted by atomic mass is 10.1. The summed E-state index contributed by atoms with van der Waals surface area (Å²) in [7, 11) is 0. The molecule has 0 aromatic carbocycles. The first kappa shape index (κ1) is 15.9. The predicted molar refractivity (Wildman–Crippen MR) is 93.6 cm³/mol. The van der Waals surface area contributed by atoms with Crippen LogP contribution in [-0.4, -0.2) is 29.7 Å². The Bertz CT molecular complexity index is 861. The second kappa shape index (κ2) is 6.70. The van der Waals surface area contributed by atoms with E-state index in [1.807, 2.05) is 11.4 Å². The van der Waals surface area contributed by atoms with Gasteiger partial charge in [-0.15, -0.1) is 11.3 Å². The van der Waals surface area contributed by atoms with Crippen molar-refractivity contribution in [3.8, 4) is 18.0 Å². The first-order valence-corrected chi connectivity index (χ1v) is 9.29. The summed E-state index contributed by atoms with van der Waals surface area (Å²) >= 11 is 1.61. The van der Waals surface area contributed by atoms with Crippen molar-refractivity contribution in [2.24, 2.45) is 5.92 Å². The molecule has 0 amide bonds. The van der Waals surface area contributed by atoms with Gasteiger partial charge >= 0.3 is 0 Å². The Morgan fingerprint density at radius 3 is 2.84 bits per heavy atom. The Morgan fingerprint density at radius 2 is 2.08 bits per heavy atom. The third-order valence-corrected chi connectivity index (χ3v) is 5.60. The molecule has 6 nitrogen and oxygen atoms in total. The molecule has 1 aliphatic heterocycles. The van der Waals surface area contributed by atoms with Gasteiger partial charge < -0.3 is 9.64 Å². The van der Waals surface area contributed by atoms with Gasteiger partial charge in [0.25, 0.3) is 0 Å². The number of nitrogens with zero attached hydrogens (tertiary/aromatic N) is 5. The molecule has 2 fully saturated rings. The lowest BCUT2D eigenvalue weighted by Gasteiger charge is -2.17. The van der Waals surface area contributed by atoms with Crippen molar-refractivity contribution in [1.82, 2.24) is 9.97 Å². The average molecular weight is 351 g/mol. The number of anilines is 1. The van der Waals surface area contributed by atoms with Crippen LogP contribution in [0.4, 0.5) is 5.00 Å². The Hall–Kier alpha value is -2.64. The number of thiophene rings is 1. The van der Waals surface area contributed by atoms with Crippen molar-refractivity contribution < 1.29 is 4.74 Å². The maximum atomic E-state index is 9.23. The second-order valence-corrected chi connectivity index (χ2v) is 7.39. The summed E-state index contributed by atoms with van der Waals surface area (Å²) in [6, 6.07) is 6.22. The first-order valence-electron chi connectivity index (χ1n) is 8.41. The summed E-state index contributed by atoms with van der Waals surface area (Å²) < 4.78 is 5.89. The smallest absolute Gasteiger partial charge is 0.235 e. The molecule has 1 saturated heterocycles. The van der Waals surface area contributed by atoms with Crippen LogP contribution in [0.15, 0.2) is 17.6 Å². The fraction of sp³-hybridized carbons (Fsp3) is 0.444. The molecule has 2 aromatic heterocycles. The normalized spacial score (nSPS) is 19.4. The van der Waals surface area contributed by atoms with Crippen molar-refractivity contribution in [2.45, 2.75) is 25.2 Å². The molecule has 4 rings (SSSR count). The minimum absolute atomic E-state index is 0.361. The minimum Gasteiger partial charge on any atom is -0.476 e. The molecule has 0 unspecified atom stereocenters. The lowest BCUT2D eigenvalue weighted by Crippen LogP contribution is -2.22. The van der Waals surface area contributed by atoms with Crippen LogP contribution in [0.5, 0.6) is 5.88 Å². The third-order valence-electron chi connectivity index (χ3n) is 4.63. The van der Waals surface area contributed by atoms with E-state index in [0.29, 0.717) is 29.9 Å². The van der Waals surface area contributed by atoms with E-state index in [-0.39, 0.29) is 0 Å². The zero-order valence-corrected chi connectivity index (χ0v) is 14.5. The van der Waals surface area contributed by atoms with Crippen molar-refractivity contribution in [2.75, 3.05) is 24.6 Å². The summed E-state index contributed by atoms with van der Waals surface area (Å²) in [5.41, 5.74) is 1.13. The molecule has 2 aliphatic rings. The molecule has 0 N–H and O–H groups in total. The van der Waals surface area contributed by atoms with Crippen LogP contribution in [0.1, 0.15) is 42.1 Å². The van der Waals surface area contributed by atoms with Gasteiger partial charge in [-0.1, -0.05) is 0 Å². The van der Waals surface area contributed by atoms with Gasteiger partial charge in [-0.2, -0.15) is 15.5 Å². The van der Waals surface area contributed by atoms with Gasteiger partial charge in [0, 0.05) is 24.9 Å². The molecule has 0 spiro atoms. The summed E-state index contributed by atoms with van der Waals surface area (Å²) in [4.78, 5) is 11.0. The number of hydrogen-bond acceptors (Lipinski definition) is 7. The van der Waals surface area contributed by atoms with Gasteiger partial charge in [-0.25, -0.2) is 4.98 Å². The number of rotatable bonds is 5. The Kier molecular flexibility index (Phi) is 4.25. The number of aromatic nitrogens is 2. The average Bonchev–Trinajstić information content (AvgIpc) is 3.20. The molecule has 25 heavy (non-hydrogen) atoms. The standard InChI is InChI=1S/C18H17N5OS/c19-7-14-4-6-25-18(14)23-5-3-12(10-23)11-24-17-15(8-20)9-21-16(22-17)13-1-2-13/h4,6,9,12-13H,1-3,5,10-11H2/t12-/m0/s1. The minimum atomic E-state index is 0.361. The van der Waals surface area contributed by atoms with Gasteiger partial charge in [-0.3, -0.25) is 0 Å². The van der Waals surface area contributed by atoms with E-state index in [0.717, 1.165) is 48.7 Å². The lowest BCUT2D eigenvalue weighted by molar-refractivity contribution is 0.250. The van der Waals surface area contributed by atoms with Gasteiger partial charge in [0.05, 0.1) is 18.4 Å². The van der Waals surface area contributed by atoms with Crippen LogP contribution < -0.4 is 9.64 Å². The van der Waals surface area contributed by atoms with E-state index < -0.39 is 0 Å². The van der Waals surface area contributed by atoms with Crippen molar-refractivity contribution in [3.63, 3.8) is 0 Å². The highest BCUT2D eigenvalue weighted by molar-refractivity contribution is 7.14. The van der Waals surface area contributed by atoms with E-state index in [2.05, 4.69) is 27.0 Å². The highest BCUT2D eigenvalue weighted by Crippen LogP contribution is 2.38. The summed E-state index contributed by atoms with van der Waals surface area (Å²) in [5, 5.41) is 21.4. The second-order valence-electron chi connectivity index (χ2n) is 6.50. The first-order chi connectivity index (χ1) is 12.3. The molecule has 7 heteroatoms. The molecule has 1 saturated carbocycles. The van der Waals surface area contributed by atoms with E-state index >= 15 is 0 Å². The monoisotopic (exact) mass is 351 g/mol. The van der Waals surface area contributed by atoms with E-state index in [9.17, 15) is 10.5 Å². The SMILES string of the molecule is N#Cc1cnc(C2CC2)nc1OC[C@H]1CCN(c2sccc2C#N)C1. The van der Waals surface area contributed by atoms with Gasteiger partial charge in [0.15, 0.2) is 0 Å². The topological polar surface area (TPSA) is 85.8 Å². The number of ether oxygens (including phenoxy) is 1. The number of nitriles is 2. The molecule has 0 radical (unpaired) electrons. The van der Waals surface area contributed by atoms with Crippen LogP contribution in [0, 0.1) is 28.6 Å². The van der Waals surface area contributed by atoms with Crippen LogP contribution in [0.2, 0.25) is 0 Å². The predicted octanol–water partition coefficient (Wildman–Crippen LogP) is 3.06. The fourth-order valence-electron chi connectivity index (χ4n) is 3.09. The maximum Gasteiger partial charge on any atom is 0.235 e. The van der Waals surface area contributed by atoms with Crippen molar-refractivity contribution in [1.29, 1.82) is 10.5 Å². The van der Waals surface area contributed by atoms with E-state index in [4.69, 9.17) is 4.74 Å². The zero-order chi connectivity index (χ0) is 17.2. The van der Waals surface area contributed by atoms with Gasteiger partial charge in [-0.05, 0) is 30.7 Å². The molecule has 3 heterocycles. The Balaban J connectivity index is 1.40. The number of hydrogen-bond donors (Lipinski definition) is 0. The Labute approximate surface area is 150 Å². The molecular weight excluding hydrogens is 334 g/mol. The van der Waals surface area contributed by atoms with E-state index in [1.54, 1.807) is 17.5 Å². The van der Waals surface area contributed by atoms with Gasteiger partial charge in [0.2, 0.25) is 5.88 Å². The Morgan fingerprint density at radius 1 is 1.24 bits per heavy atom. The largest absolute Gasteiger partial charge is 0.476 e. The van der Waals surface area contributed by atoms with Crippen LogP contribution >= 0.6 is 11.3 Å². The molecule has 2 aromatic rings. The summed E-state index contributed by atoms with van der Waals surface area (Å²) in [6.07, 6.45) is 4.81. The van der Waals surface area contributed by atoms with Gasteiger partial charge in [0.1, 0.15) is 28.5 Å². The molecule has 1 aliphatic carbocycles. The maximum absolute atomic E-state index is 9.23. The van der Waals surface area contributed by atoms with Crippen LogP contribution in [0.25, 0.3) is 0 Å². The summed E-state index contributed by atoms with van der Waals surface area (Å²) in [5.74, 6) is 1.99. The fourth-order valence-corrected chi connectivity index (χ4v) is 3.97. The van der Waals surface area contributed by atoms with Crippen molar-refractivity contribution >= 4 is 16.3 Å². The van der Waals surface area contributed by atoms with Crippen molar-refractivity contribution in [3.05, 3.63) is 34.6 Å². The van der Waals surface area contributed by atoms with Crippen LogP contribution in [-0.2, 0) is 0 Å². The molecule has 1 atom stereocenters.